The first kappa shape index (κ1) is 14.8. The molecule has 0 aliphatic heterocycles. The number of nitrogens with two attached hydrogens (primary N) is 1. The number of sulfonamides is 1. The minimum atomic E-state index is -3.95. The topological polar surface area (TPSA) is 96.0 Å². The Morgan fingerprint density at radius 1 is 1.24 bits per heavy atom. The van der Waals surface area contributed by atoms with Crippen molar-refractivity contribution < 1.29 is 12.8 Å². The minimum absolute atomic E-state index is 0.0608. The third-order valence-electron chi connectivity index (χ3n) is 2.90. The number of aryl methyl sites for hydroxylation is 1. The summed E-state index contributed by atoms with van der Waals surface area (Å²) in [6, 6.07) is 9.51. The molecule has 2 aromatic carbocycles. The fourth-order valence-electron chi connectivity index (χ4n) is 1.66. The van der Waals surface area contributed by atoms with Crippen LogP contribution >= 0.6 is 0 Å². The molecule has 2 rings (SSSR count). The van der Waals surface area contributed by atoms with Crippen LogP contribution in [0, 0.1) is 24.1 Å². The lowest BCUT2D eigenvalue weighted by molar-refractivity contribution is 0.598. The van der Waals surface area contributed by atoms with Gasteiger partial charge in [-0.3, -0.25) is 4.72 Å². The molecule has 21 heavy (non-hydrogen) atoms. The molecule has 0 unspecified atom stereocenters. The van der Waals surface area contributed by atoms with Crippen molar-refractivity contribution in [3.8, 4) is 6.07 Å². The highest BCUT2D eigenvalue weighted by molar-refractivity contribution is 7.92. The Balaban J connectivity index is 2.37. The highest BCUT2D eigenvalue weighted by Gasteiger charge is 2.17. The van der Waals surface area contributed by atoms with E-state index in [0.29, 0.717) is 5.69 Å². The normalized spacial score (nSPS) is 10.9. The monoisotopic (exact) mass is 305 g/mol. The van der Waals surface area contributed by atoms with Gasteiger partial charge in [-0.25, -0.2) is 12.8 Å². The Morgan fingerprint density at radius 2 is 1.95 bits per heavy atom. The molecule has 0 aliphatic carbocycles. The summed E-state index contributed by atoms with van der Waals surface area (Å²) >= 11 is 0. The molecule has 0 radical (unpaired) electrons. The van der Waals surface area contributed by atoms with Crippen LogP contribution in [-0.4, -0.2) is 8.42 Å². The molecule has 0 fully saturated rings. The molecule has 0 spiro atoms. The summed E-state index contributed by atoms with van der Waals surface area (Å²) in [4.78, 5) is -0.0608. The Morgan fingerprint density at radius 3 is 2.52 bits per heavy atom. The van der Waals surface area contributed by atoms with Crippen molar-refractivity contribution in [2.45, 2.75) is 11.8 Å². The van der Waals surface area contributed by atoms with E-state index in [9.17, 15) is 12.8 Å². The van der Waals surface area contributed by atoms with E-state index in [1.807, 2.05) is 0 Å². The summed E-state index contributed by atoms with van der Waals surface area (Å²) in [5.74, 6) is -0.822. The number of anilines is 2. The third kappa shape index (κ3) is 3.12. The molecule has 5 nitrogen and oxygen atoms in total. The summed E-state index contributed by atoms with van der Waals surface area (Å²) in [6.45, 7) is 1.75. The van der Waals surface area contributed by atoms with E-state index in [1.165, 1.54) is 24.3 Å². The minimum Gasteiger partial charge on any atom is -0.398 e. The molecule has 108 valence electrons. The lowest BCUT2D eigenvalue weighted by Gasteiger charge is -2.10. The second-order valence-corrected chi connectivity index (χ2v) is 6.11. The lowest BCUT2D eigenvalue weighted by Crippen LogP contribution is -2.14. The standard InChI is InChI=1S/C14H12FN3O2S/c1-9-2-4-11(7-13(9)17)21(19,20)18-14-5-3-10(8-16)6-12(14)15/h2-7,18H,17H2,1H3. The number of hydrogen-bond acceptors (Lipinski definition) is 4. The Kier molecular flexibility index (Phi) is 3.82. The maximum atomic E-state index is 13.7. The van der Waals surface area contributed by atoms with E-state index >= 15 is 0 Å². The van der Waals surface area contributed by atoms with E-state index in [0.717, 1.165) is 11.6 Å². The van der Waals surface area contributed by atoms with Crippen molar-refractivity contribution in [3.63, 3.8) is 0 Å². The molecule has 0 amide bonds. The summed E-state index contributed by atoms with van der Waals surface area (Å²) in [5.41, 5.74) is 6.63. The van der Waals surface area contributed by atoms with Crippen molar-refractivity contribution in [2.24, 2.45) is 0 Å². The molecule has 0 aromatic heterocycles. The van der Waals surface area contributed by atoms with Crippen LogP contribution in [-0.2, 0) is 10.0 Å². The molecule has 7 heteroatoms. The van der Waals surface area contributed by atoms with Gasteiger partial charge in [0, 0.05) is 5.69 Å². The first-order valence-corrected chi connectivity index (χ1v) is 7.40. The van der Waals surface area contributed by atoms with Crippen molar-refractivity contribution in [1.82, 2.24) is 0 Å². The Hall–Kier alpha value is -2.59. The van der Waals surface area contributed by atoms with Gasteiger partial charge in [0.1, 0.15) is 5.82 Å². The Bertz CT molecular complexity index is 842. The van der Waals surface area contributed by atoms with Gasteiger partial charge in [0.15, 0.2) is 0 Å². The zero-order chi connectivity index (χ0) is 15.6. The first-order chi connectivity index (χ1) is 9.83. The zero-order valence-corrected chi connectivity index (χ0v) is 11.9. The van der Waals surface area contributed by atoms with Crippen molar-refractivity contribution >= 4 is 21.4 Å². The molecular formula is C14H12FN3O2S. The first-order valence-electron chi connectivity index (χ1n) is 5.92. The molecule has 3 N–H and O–H groups in total. The molecule has 0 saturated carbocycles. The highest BCUT2D eigenvalue weighted by atomic mass is 32.2. The van der Waals surface area contributed by atoms with Crippen molar-refractivity contribution in [1.29, 1.82) is 5.26 Å². The van der Waals surface area contributed by atoms with Gasteiger partial charge in [0.2, 0.25) is 0 Å². The van der Waals surface area contributed by atoms with Crippen LogP contribution < -0.4 is 10.5 Å². The molecule has 0 saturated heterocycles. The number of nitrogens with zero attached hydrogens (tertiary/aromatic N) is 1. The molecule has 0 aliphatic rings. The van der Waals surface area contributed by atoms with Crippen LogP contribution in [0.4, 0.5) is 15.8 Å². The second-order valence-electron chi connectivity index (χ2n) is 4.43. The number of halogens is 1. The summed E-state index contributed by atoms with van der Waals surface area (Å²) < 4.78 is 40.2. The van der Waals surface area contributed by atoms with Crippen LogP contribution in [0.5, 0.6) is 0 Å². The average Bonchev–Trinajstić information content (AvgIpc) is 2.43. The number of nitrogens with one attached hydrogen (secondary N) is 1. The van der Waals surface area contributed by atoms with Gasteiger partial charge in [-0.2, -0.15) is 5.26 Å². The number of nitrogen functional groups attached to an aromatic ring is 1. The van der Waals surface area contributed by atoms with E-state index < -0.39 is 15.8 Å². The predicted octanol–water partition coefficient (Wildman–Crippen LogP) is 2.39. The molecule has 2 aromatic rings. The lowest BCUT2D eigenvalue weighted by atomic mass is 10.2. The second kappa shape index (κ2) is 5.42. The van der Waals surface area contributed by atoms with Gasteiger partial charge in [0.05, 0.1) is 22.2 Å². The van der Waals surface area contributed by atoms with Gasteiger partial charge in [0.25, 0.3) is 10.0 Å². The number of hydrogen-bond donors (Lipinski definition) is 2. The van der Waals surface area contributed by atoms with Gasteiger partial charge in [-0.05, 0) is 42.8 Å². The van der Waals surface area contributed by atoms with E-state index in [2.05, 4.69) is 4.72 Å². The molecule has 0 heterocycles. The molecule has 0 bridgehead atoms. The summed E-state index contributed by atoms with van der Waals surface area (Å²) in [6.07, 6.45) is 0. The molecule has 0 atom stereocenters. The quantitative estimate of drug-likeness (QED) is 0.851. The van der Waals surface area contributed by atoms with Crippen molar-refractivity contribution in [2.75, 3.05) is 10.5 Å². The number of nitriles is 1. The fraction of sp³-hybridized carbons (Fsp3) is 0.0714. The maximum Gasteiger partial charge on any atom is 0.262 e. The van der Waals surface area contributed by atoms with E-state index in [-0.39, 0.29) is 16.1 Å². The van der Waals surface area contributed by atoms with Gasteiger partial charge in [-0.1, -0.05) is 6.07 Å². The van der Waals surface area contributed by atoms with Gasteiger partial charge in [-0.15, -0.1) is 0 Å². The molecular weight excluding hydrogens is 293 g/mol. The maximum absolute atomic E-state index is 13.7. The van der Waals surface area contributed by atoms with Crippen LogP contribution in [0.2, 0.25) is 0 Å². The largest absolute Gasteiger partial charge is 0.398 e. The van der Waals surface area contributed by atoms with Crippen LogP contribution in [0.3, 0.4) is 0 Å². The van der Waals surface area contributed by atoms with Crippen LogP contribution in [0.1, 0.15) is 11.1 Å². The van der Waals surface area contributed by atoms with Gasteiger partial charge >= 0.3 is 0 Å². The highest BCUT2D eigenvalue weighted by Crippen LogP contribution is 2.22. The SMILES string of the molecule is Cc1ccc(S(=O)(=O)Nc2ccc(C#N)cc2F)cc1N. The Labute approximate surface area is 121 Å². The summed E-state index contributed by atoms with van der Waals surface area (Å²) in [5, 5.41) is 8.65. The fourth-order valence-corrected chi connectivity index (χ4v) is 2.76. The van der Waals surface area contributed by atoms with Crippen LogP contribution in [0.25, 0.3) is 0 Å². The third-order valence-corrected chi connectivity index (χ3v) is 4.27. The van der Waals surface area contributed by atoms with E-state index in [1.54, 1.807) is 19.1 Å². The average molecular weight is 305 g/mol. The van der Waals surface area contributed by atoms with Gasteiger partial charge < -0.3 is 5.73 Å². The number of benzene rings is 2. The van der Waals surface area contributed by atoms with Crippen LogP contribution in [0.15, 0.2) is 41.3 Å². The smallest absolute Gasteiger partial charge is 0.262 e. The zero-order valence-electron chi connectivity index (χ0n) is 11.1. The number of rotatable bonds is 3. The summed E-state index contributed by atoms with van der Waals surface area (Å²) in [7, 11) is -3.95. The van der Waals surface area contributed by atoms with E-state index in [4.69, 9.17) is 11.0 Å². The van der Waals surface area contributed by atoms with Crippen molar-refractivity contribution in [3.05, 3.63) is 53.3 Å². The predicted molar refractivity (Wildman–Crippen MR) is 77.5 cm³/mol.